The van der Waals surface area contributed by atoms with Gasteiger partial charge in [-0.05, 0) is 25.4 Å². The highest BCUT2D eigenvalue weighted by atomic mass is 32.1. The molecule has 0 spiro atoms. The lowest BCUT2D eigenvalue weighted by Gasteiger charge is -2.12. The van der Waals surface area contributed by atoms with E-state index in [-0.39, 0.29) is 0 Å². The molecule has 1 aliphatic heterocycles. The van der Waals surface area contributed by atoms with Crippen LogP contribution in [0.1, 0.15) is 24.0 Å². The summed E-state index contributed by atoms with van der Waals surface area (Å²) in [4.78, 5) is 7.08. The molecule has 3 nitrogen and oxygen atoms in total. The van der Waals surface area contributed by atoms with Crippen LogP contribution in [0.15, 0.2) is 5.38 Å². The molecule has 2 rings (SSSR count). The standard InChI is InChI=1S/C11H19N3S/c1-9-3-5-14(6-9)7-10-8-15-11(13-10)2-4-12/h8-9H,2-7,12H2,1H3. The molecular weight excluding hydrogens is 206 g/mol. The third-order valence-electron chi connectivity index (χ3n) is 2.85. The van der Waals surface area contributed by atoms with Crippen LogP contribution in [-0.2, 0) is 13.0 Å². The third-order valence-corrected chi connectivity index (χ3v) is 3.81. The van der Waals surface area contributed by atoms with Gasteiger partial charge < -0.3 is 5.73 Å². The summed E-state index contributed by atoms with van der Waals surface area (Å²) < 4.78 is 0. The SMILES string of the molecule is CC1CCN(Cc2csc(CCN)n2)C1. The van der Waals surface area contributed by atoms with Crippen molar-refractivity contribution < 1.29 is 0 Å². The monoisotopic (exact) mass is 225 g/mol. The summed E-state index contributed by atoms with van der Waals surface area (Å²) in [7, 11) is 0. The van der Waals surface area contributed by atoms with E-state index in [2.05, 4.69) is 22.2 Å². The number of aromatic nitrogens is 1. The maximum Gasteiger partial charge on any atom is 0.0941 e. The number of nitrogens with zero attached hydrogens (tertiary/aromatic N) is 2. The van der Waals surface area contributed by atoms with Crippen molar-refractivity contribution in [2.75, 3.05) is 19.6 Å². The largest absolute Gasteiger partial charge is 0.330 e. The first-order valence-electron chi connectivity index (χ1n) is 5.63. The molecule has 2 heterocycles. The molecule has 1 saturated heterocycles. The second-order valence-corrected chi connectivity index (χ2v) is 5.34. The summed E-state index contributed by atoms with van der Waals surface area (Å²) in [6.07, 6.45) is 2.25. The first-order chi connectivity index (χ1) is 7.28. The molecule has 1 aromatic rings. The van der Waals surface area contributed by atoms with Crippen LogP contribution in [-0.4, -0.2) is 29.5 Å². The summed E-state index contributed by atoms with van der Waals surface area (Å²) in [5.74, 6) is 0.854. The van der Waals surface area contributed by atoms with Crippen LogP contribution < -0.4 is 5.73 Å². The Morgan fingerprint density at radius 3 is 3.20 bits per heavy atom. The quantitative estimate of drug-likeness (QED) is 0.844. The van der Waals surface area contributed by atoms with Gasteiger partial charge in [0.25, 0.3) is 0 Å². The summed E-state index contributed by atoms with van der Waals surface area (Å²) >= 11 is 1.74. The maximum atomic E-state index is 5.51. The molecule has 1 fully saturated rings. The highest BCUT2D eigenvalue weighted by molar-refractivity contribution is 7.09. The Hall–Kier alpha value is -0.450. The Balaban J connectivity index is 1.87. The fourth-order valence-electron chi connectivity index (χ4n) is 2.06. The molecule has 2 N–H and O–H groups in total. The number of hydrogen-bond donors (Lipinski definition) is 1. The van der Waals surface area contributed by atoms with Crippen molar-refractivity contribution in [3.05, 3.63) is 16.1 Å². The van der Waals surface area contributed by atoms with Crippen LogP contribution in [0.3, 0.4) is 0 Å². The molecule has 0 aromatic carbocycles. The average Bonchev–Trinajstić information content (AvgIpc) is 2.78. The molecule has 1 unspecified atom stereocenters. The fourth-order valence-corrected chi connectivity index (χ4v) is 2.86. The van der Waals surface area contributed by atoms with Gasteiger partial charge in [0.15, 0.2) is 0 Å². The molecule has 4 heteroatoms. The zero-order valence-corrected chi connectivity index (χ0v) is 10.1. The van der Waals surface area contributed by atoms with Crippen molar-refractivity contribution >= 4 is 11.3 Å². The minimum atomic E-state index is 0.702. The van der Waals surface area contributed by atoms with Crippen LogP contribution in [0.25, 0.3) is 0 Å². The number of likely N-dealkylation sites (tertiary alicyclic amines) is 1. The molecule has 1 atom stereocenters. The van der Waals surface area contributed by atoms with E-state index in [1.54, 1.807) is 11.3 Å². The first-order valence-corrected chi connectivity index (χ1v) is 6.51. The molecule has 1 aliphatic rings. The molecule has 0 radical (unpaired) electrons. The second kappa shape index (κ2) is 5.05. The smallest absolute Gasteiger partial charge is 0.0941 e. The Morgan fingerprint density at radius 2 is 2.53 bits per heavy atom. The van der Waals surface area contributed by atoms with Crippen LogP contribution in [0.2, 0.25) is 0 Å². The van der Waals surface area contributed by atoms with E-state index in [9.17, 15) is 0 Å². The van der Waals surface area contributed by atoms with E-state index in [4.69, 9.17) is 5.73 Å². The van der Waals surface area contributed by atoms with Gasteiger partial charge in [-0.1, -0.05) is 6.92 Å². The minimum absolute atomic E-state index is 0.702. The molecule has 0 aliphatic carbocycles. The second-order valence-electron chi connectivity index (χ2n) is 4.40. The first kappa shape index (κ1) is 11.0. The normalized spacial score (nSPS) is 22.4. The van der Waals surface area contributed by atoms with Gasteiger partial charge in [-0.15, -0.1) is 11.3 Å². The molecule has 15 heavy (non-hydrogen) atoms. The number of rotatable bonds is 4. The van der Waals surface area contributed by atoms with Crippen molar-refractivity contribution in [2.24, 2.45) is 11.7 Å². The maximum absolute atomic E-state index is 5.51. The highest BCUT2D eigenvalue weighted by Gasteiger charge is 2.19. The van der Waals surface area contributed by atoms with Crippen LogP contribution in [0, 0.1) is 5.92 Å². The average molecular weight is 225 g/mol. The van der Waals surface area contributed by atoms with E-state index in [0.29, 0.717) is 6.54 Å². The van der Waals surface area contributed by atoms with Crippen molar-refractivity contribution in [2.45, 2.75) is 26.3 Å². The predicted molar refractivity (Wildman–Crippen MR) is 63.9 cm³/mol. The number of thiazole rings is 1. The minimum Gasteiger partial charge on any atom is -0.330 e. The highest BCUT2D eigenvalue weighted by Crippen LogP contribution is 2.19. The third kappa shape index (κ3) is 3.00. The van der Waals surface area contributed by atoms with E-state index in [1.807, 2.05) is 0 Å². The van der Waals surface area contributed by atoms with Gasteiger partial charge in [-0.2, -0.15) is 0 Å². The number of nitrogens with two attached hydrogens (primary N) is 1. The molecule has 1 aromatic heterocycles. The van der Waals surface area contributed by atoms with Crippen molar-refractivity contribution in [3.63, 3.8) is 0 Å². The lowest BCUT2D eigenvalue weighted by molar-refractivity contribution is 0.317. The van der Waals surface area contributed by atoms with Gasteiger partial charge in [0.05, 0.1) is 10.7 Å². The van der Waals surface area contributed by atoms with Gasteiger partial charge >= 0.3 is 0 Å². The van der Waals surface area contributed by atoms with E-state index in [0.717, 1.165) is 18.9 Å². The Labute approximate surface area is 95.3 Å². The molecule has 0 bridgehead atoms. The Morgan fingerprint density at radius 1 is 1.67 bits per heavy atom. The van der Waals surface area contributed by atoms with E-state index < -0.39 is 0 Å². The van der Waals surface area contributed by atoms with Gasteiger partial charge in [-0.3, -0.25) is 4.90 Å². The fraction of sp³-hybridized carbons (Fsp3) is 0.727. The van der Waals surface area contributed by atoms with Crippen LogP contribution >= 0.6 is 11.3 Å². The zero-order valence-electron chi connectivity index (χ0n) is 9.28. The summed E-state index contributed by atoms with van der Waals surface area (Å²) in [6, 6.07) is 0. The summed E-state index contributed by atoms with van der Waals surface area (Å²) in [5, 5.41) is 3.35. The number of hydrogen-bond acceptors (Lipinski definition) is 4. The van der Waals surface area contributed by atoms with Crippen molar-refractivity contribution in [3.8, 4) is 0 Å². The van der Waals surface area contributed by atoms with Crippen LogP contribution in [0.4, 0.5) is 0 Å². The van der Waals surface area contributed by atoms with Gasteiger partial charge in [0.1, 0.15) is 0 Å². The molecule has 84 valence electrons. The molecule has 0 amide bonds. The molecular formula is C11H19N3S. The lowest BCUT2D eigenvalue weighted by atomic mass is 10.2. The Bertz CT molecular complexity index is 311. The van der Waals surface area contributed by atoms with E-state index >= 15 is 0 Å². The van der Waals surface area contributed by atoms with Gasteiger partial charge in [0.2, 0.25) is 0 Å². The van der Waals surface area contributed by atoms with Crippen LogP contribution in [0.5, 0.6) is 0 Å². The molecule has 0 saturated carbocycles. The topological polar surface area (TPSA) is 42.1 Å². The summed E-state index contributed by atoms with van der Waals surface area (Å²) in [6.45, 7) is 6.49. The van der Waals surface area contributed by atoms with Gasteiger partial charge in [0, 0.05) is 24.9 Å². The Kier molecular flexibility index (Phi) is 3.72. The van der Waals surface area contributed by atoms with Gasteiger partial charge in [-0.25, -0.2) is 4.98 Å². The van der Waals surface area contributed by atoms with E-state index in [1.165, 1.54) is 30.2 Å². The lowest BCUT2D eigenvalue weighted by Crippen LogP contribution is -2.19. The predicted octanol–water partition coefficient (Wildman–Crippen LogP) is 1.49. The van der Waals surface area contributed by atoms with Crippen molar-refractivity contribution in [1.82, 2.24) is 9.88 Å². The zero-order chi connectivity index (χ0) is 10.7. The van der Waals surface area contributed by atoms with Crippen molar-refractivity contribution in [1.29, 1.82) is 0 Å². The summed E-state index contributed by atoms with van der Waals surface area (Å²) in [5.41, 5.74) is 6.73.